The molecule has 0 aliphatic heterocycles. The van der Waals surface area contributed by atoms with Crippen LogP contribution < -0.4 is 5.32 Å². The van der Waals surface area contributed by atoms with Gasteiger partial charge in [-0.15, -0.1) is 10.2 Å². The van der Waals surface area contributed by atoms with Crippen molar-refractivity contribution in [2.75, 3.05) is 5.32 Å². The van der Waals surface area contributed by atoms with Crippen LogP contribution in [-0.4, -0.2) is 40.3 Å². The first-order valence-corrected chi connectivity index (χ1v) is 7.30. The predicted molar refractivity (Wildman–Crippen MR) is 84.3 cm³/mol. The van der Waals surface area contributed by atoms with Gasteiger partial charge in [0.2, 0.25) is 11.8 Å². The zero-order valence-electron chi connectivity index (χ0n) is 12.7. The minimum absolute atomic E-state index is 0.0337. The molecule has 0 atom stereocenters. The number of carbonyl (C=O) groups is 1. The third kappa shape index (κ3) is 3.17. The van der Waals surface area contributed by atoms with Gasteiger partial charge >= 0.3 is 0 Å². The molecule has 0 fully saturated rings. The number of benzene rings is 1. The summed E-state index contributed by atoms with van der Waals surface area (Å²) in [6.07, 6.45) is 4.67. The van der Waals surface area contributed by atoms with E-state index in [1.807, 2.05) is 0 Å². The van der Waals surface area contributed by atoms with Crippen molar-refractivity contribution in [3.8, 4) is 0 Å². The fourth-order valence-electron chi connectivity index (χ4n) is 2.19. The Bertz CT molecular complexity index is 1010. The molecule has 0 radical (unpaired) electrons. The summed E-state index contributed by atoms with van der Waals surface area (Å²) in [4.78, 5) is 24.2. The van der Waals surface area contributed by atoms with Gasteiger partial charge in [-0.3, -0.25) is 10.1 Å². The van der Waals surface area contributed by atoms with Crippen molar-refractivity contribution < 1.29 is 9.18 Å². The third-order valence-corrected chi connectivity index (χ3v) is 3.34. The second-order valence-electron chi connectivity index (χ2n) is 5.15. The number of amides is 1. The molecule has 25 heavy (non-hydrogen) atoms. The summed E-state index contributed by atoms with van der Waals surface area (Å²) in [6, 6.07) is 7.74. The highest BCUT2D eigenvalue weighted by atomic mass is 19.1. The van der Waals surface area contributed by atoms with Crippen LogP contribution in [0.1, 0.15) is 16.2 Å². The summed E-state index contributed by atoms with van der Waals surface area (Å²) in [5.41, 5.74) is 0.859. The first-order valence-electron chi connectivity index (χ1n) is 7.30. The van der Waals surface area contributed by atoms with Gasteiger partial charge in [0, 0.05) is 12.4 Å². The summed E-state index contributed by atoms with van der Waals surface area (Å²) in [5.74, 6) is -0.426. The topological polar surface area (TPSA) is 103 Å². The second kappa shape index (κ2) is 6.07. The smallest absolute Gasteiger partial charge is 0.286 e. The molecule has 0 spiro atoms. The molecule has 1 N–H and O–H groups in total. The molecule has 3 aromatic heterocycles. The quantitative estimate of drug-likeness (QED) is 0.599. The van der Waals surface area contributed by atoms with Gasteiger partial charge in [0.15, 0.2) is 0 Å². The van der Waals surface area contributed by atoms with E-state index in [0.29, 0.717) is 12.3 Å². The number of hydrogen-bond donors (Lipinski definition) is 1. The van der Waals surface area contributed by atoms with Crippen LogP contribution in [0.3, 0.4) is 0 Å². The molecule has 3 heterocycles. The fraction of sp³-hybridized carbons (Fsp3) is 0.0667. The second-order valence-corrected chi connectivity index (χ2v) is 5.15. The van der Waals surface area contributed by atoms with Gasteiger partial charge in [-0.05, 0) is 23.8 Å². The zero-order chi connectivity index (χ0) is 17.2. The Morgan fingerprint density at radius 1 is 1.16 bits per heavy atom. The molecule has 1 aromatic carbocycles. The van der Waals surface area contributed by atoms with Crippen molar-refractivity contribution in [3.63, 3.8) is 0 Å². The number of carbonyl (C=O) groups excluding carboxylic acids is 1. The lowest BCUT2D eigenvalue weighted by Gasteiger charge is -2.00. The van der Waals surface area contributed by atoms with Crippen LogP contribution in [0.15, 0.2) is 49.1 Å². The summed E-state index contributed by atoms with van der Waals surface area (Å²) in [6.45, 7) is 0.402. The van der Waals surface area contributed by atoms with Crippen LogP contribution in [-0.2, 0) is 6.54 Å². The van der Waals surface area contributed by atoms with Gasteiger partial charge in [-0.2, -0.15) is 4.98 Å². The monoisotopic (exact) mass is 338 g/mol. The highest BCUT2D eigenvalue weighted by Crippen LogP contribution is 2.06. The van der Waals surface area contributed by atoms with E-state index >= 15 is 0 Å². The highest BCUT2D eigenvalue weighted by molar-refractivity contribution is 6.00. The van der Waals surface area contributed by atoms with Gasteiger partial charge in [0.25, 0.3) is 11.7 Å². The number of anilines is 1. The van der Waals surface area contributed by atoms with Gasteiger partial charge in [0.05, 0.1) is 6.54 Å². The molecule has 0 saturated heterocycles. The average molecular weight is 338 g/mol. The maximum Gasteiger partial charge on any atom is 0.297 e. The van der Waals surface area contributed by atoms with Gasteiger partial charge in [-0.1, -0.05) is 12.1 Å². The van der Waals surface area contributed by atoms with Gasteiger partial charge < -0.3 is 0 Å². The standard InChI is InChI=1S/C15H11FN8O/c16-11-4-2-10(3-5-11)8-23-9-18-14(22-23)20-13(25)12-19-15-17-6-1-7-24(15)21-12/h1-7,9H,8H2,(H,20,22,25). The molecular formula is C15H11FN8O. The van der Waals surface area contributed by atoms with Crippen molar-refractivity contribution in [1.82, 2.24) is 34.3 Å². The highest BCUT2D eigenvalue weighted by Gasteiger charge is 2.15. The minimum atomic E-state index is -0.537. The van der Waals surface area contributed by atoms with E-state index in [9.17, 15) is 9.18 Å². The van der Waals surface area contributed by atoms with E-state index < -0.39 is 5.91 Å². The molecule has 9 nitrogen and oxygen atoms in total. The summed E-state index contributed by atoms with van der Waals surface area (Å²) in [7, 11) is 0. The number of aromatic nitrogens is 7. The number of fused-ring (bicyclic) bond motifs is 1. The van der Waals surface area contributed by atoms with E-state index in [-0.39, 0.29) is 17.6 Å². The third-order valence-electron chi connectivity index (χ3n) is 3.34. The van der Waals surface area contributed by atoms with Crippen molar-refractivity contribution in [3.05, 3.63) is 66.3 Å². The summed E-state index contributed by atoms with van der Waals surface area (Å²) >= 11 is 0. The molecule has 4 rings (SSSR count). The van der Waals surface area contributed by atoms with Gasteiger partial charge in [0.1, 0.15) is 12.1 Å². The van der Waals surface area contributed by atoms with E-state index in [1.165, 1.54) is 27.7 Å². The Morgan fingerprint density at radius 3 is 2.80 bits per heavy atom. The molecule has 124 valence electrons. The van der Waals surface area contributed by atoms with Crippen LogP contribution >= 0.6 is 0 Å². The van der Waals surface area contributed by atoms with Crippen LogP contribution in [0.5, 0.6) is 0 Å². The van der Waals surface area contributed by atoms with Gasteiger partial charge in [-0.25, -0.2) is 23.6 Å². The van der Waals surface area contributed by atoms with E-state index in [0.717, 1.165) is 5.56 Å². The SMILES string of the molecule is O=C(Nc1ncn(Cc2ccc(F)cc2)n1)c1nc2ncccn2n1. The Morgan fingerprint density at radius 2 is 2.00 bits per heavy atom. The number of nitrogens with zero attached hydrogens (tertiary/aromatic N) is 7. The number of nitrogens with one attached hydrogen (secondary N) is 1. The normalized spacial score (nSPS) is 10.9. The molecule has 10 heteroatoms. The Kier molecular flexibility index (Phi) is 3.61. The minimum Gasteiger partial charge on any atom is -0.286 e. The molecule has 0 saturated carbocycles. The zero-order valence-corrected chi connectivity index (χ0v) is 12.7. The maximum atomic E-state index is 12.9. The predicted octanol–water partition coefficient (Wildman–Crippen LogP) is 1.16. The van der Waals surface area contributed by atoms with Crippen LogP contribution in [0.25, 0.3) is 5.78 Å². The van der Waals surface area contributed by atoms with Crippen molar-refractivity contribution >= 4 is 17.6 Å². The largest absolute Gasteiger partial charge is 0.297 e. The Balaban J connectivity index is 1.46. The lowest BCUT2D eigenvalue weighted by molar-refractivity contribution is 0.101. The molecule has 1 amide bonds. The van der Waals surface area contributed by atoms with Crippen LogP contribution in [0.4, 0.5) is 10.3 Å². The maximum absolute atomic E-state index is 12.9. The van der Waals surface area contributed by atoms with E-state index in [1.54, 1.807) is 30.6 Å². The molecule has 0 aliphatic rings. The lowest BCUT2D eigenvalue weighted by atomic mass is 10.2. The lowest BCUT2D eigenvalue weighted by Crippen LogP contribution is -2.15. The summed E-state index contributed by atoms with van der Waals surface area (Å²) < 4.78 is 15.8. The van der Waals surface area contributed by atoms with Crippen molar-refractivity contribution in [2.45, 2.75) is 6.54 Å². The van der Waals surface area contributed by atoms with Crippen LogP contribution in [0, 0.1) is 5.82 Å². The number of rotatable bonds is 4. The van der Waals surface area contributed by atoms with Crippen molar-refractivity contribution in [1.29, 1.82) is 0 Å². The Labute approximate surface area is 140 Å². The van der Waals surface area contributed by atoms with E-state index in [4.69, 9.17) is 0 Å². The first-order chi connectivity index (χ1) is 12.2. The average Bonchev–Trinajstić information content (AvgIpc) is 3.23. The molecule has 0 unspecified atom stereocenters. The first kappa shape index (κ1) is 14.9. The Hall–Kier alpha value is -3.69. The molecule has 0 aliphatic carbocycles. The molecule has 0 bridgehead atoms. The summed E-state index contributed by atoms with van der Waals surface area (Å²) in [5, 5.41) is 10.7. The number of hydrogen-bond acceptors (Lipinski definition) is 6. The molecule has 4 aromatic rings. The fourth-order valence-corrected chi connectivity index (χ4v) is 2.19. The number of halogens is 1. The molecular weight excluding hydrogens is 327 g/mol. The van der Waals surface area contributed by atoms with Crippen molar-refractivity contribution in [2.24, 2.45) is 0 Å². The van der Waals surface area contributed by atoms with E-state index in [2.05, 4.69) is 30.5 Å². The van der Waals surface area contributed by atoms with Crippen LogP contribution in [0.2, 0.25) is 0 Å².